The lowest BCUT2D eigenvalue weighted by atomic mass is 10.1. The summed E-state index contributed by atoms with van der Waals surface area (Å²) in [4.78, 5) is 32.6. The summed E-state index contributed by atoms with van der Waals surface area (Å²) in [5, 5.41) is 13.7. The van der Waals surface area contributed by atoms with Crippen molar-refractivity contribution in [3.63, 3.8) is 0 Å². The lowest BCUT2D eigenvalue weighted by molar-refractivity contribution is -0.0562. The Balaban J connectivity index is 0. The summed E-state index contributed by atoms with van der Waals surface area (Å²) < 4.78 is 11.2. The van der Waals surface area contributed by atoms with Crippen LogP contribution in [-0.2, 0) is 9.47 Å². The van der Waals surface area contributed by atoms with Gasteiger partial charge in [0.25, 0.3) is 11.8 Å². The molecule has 0 aliphatic carbocycles. The molecule has 0 aliphatic rings. The van der Waals surface area contributed by atoms with Crippen molar-refractivity contribution in [3.8, 4) is 0 Å². The number of anilines is 2. The number of ether oxygens (including phenoxy) is 2. The quantitative estimate of drug-likeness (QED) is 0.220. The van der Waals surface area contributed by atoms with Crippen molar-refractivity contribution in [2.24, 2.45) is 5.92 Å². The fourth-order valence-electron chi connectivity index (χ4n) is 2.62. The first kappa shape index (κ1) is 37.7. The van der Waals surface area contributed by atoms with Gasteiger partial charge in [0.1, 0.15) is 0 Å². The van der Waals surface area contributed by atoms with E-state index in [2.05, 4.69) is 34.4 Å². The van der Waals surface area contributed by atoms with E-state index in [9.17, 15) is 9.59 Å². The van der Waals surface area contributed by atoms with Gasteiger partial charge >= 0.3 is 0 Å². The van der Waals surface area contributed by atoms with E-state index >= 15 is 0 Å². The van der Waals surface area contributed by atoms with Crippen molar-refractivity contribution in [1.29, 1.82) is 0 Å². The maximum absolute atomic E-state index is 12.5. The Kier molecular flexibility index (Phi) is 19.4. The third kappa shape index (κ3) is 16.4. The van der Waals surface area contributed by atoms with Gasteiger partial charge in [-0.1, -0.05) is 41.0 Å². The Morgan fingerprint density at radius 1 is 0.974 bits per heavy atom. The van der Waals surface area contributed by atoms with Crippen molar-refractivity contribution < 1.29 is 24.2 Å². The monoisotopic (exact) mass is 542 g/mol. The van der Waals surface area contributed by atoms with Crippen molar-refractivity contribution in [3.05, 3.63) is 11.4 Å². The van der Waals surface area contributed by atoms with Crippen LogP contribution in [0.5, 0.6) is 0 Å². The smallest absolute Gasteiger partial charge is 0.273 e. The van der Waals surface area contributed by atoms with E-state index in [1.807, 2.05) is 48.5 Å². The zero-order valence-corrected chi connectivity index (χ0v) is 25.4. The second-order valence-electron chi connectivity index (χ2n) is 10.2. The first-order valence-corrected chi connectivity index (χ1v) is 13.5. The van der Waals surface area contributed by atoms with Gasteiger partial charge in [0.05, 0.1) is 17.8 Å². The molecule has 0 aromatic carbocycles. The number of rotatable bonds is 14. The van der Waals surface area contributed by atoms with Crippen LogP contribution in [0.15, 0.2) is 0 Å². The minimum Gasteiger partial charge on any atom is -0.396 e. The Morgan fingerprint density at radius 2 is 1.47 bits per heavy atom. The summed E-state index contributed by atoms with van der Waals surface area (Å²) in [5.41, 5.74) is 10.6. The SMILES string of the molecule is CC.CC(C)CCO.CCCCNC(=O)c1nc(N)c(C(=O)NCC(C)(C)OCCC(C)(C)OC)nc1N. The number of aliphatic hydroxyl groups is 1. The number of unbranched alkanes of at least 4 members (excludes halogenated alkanes) is 1. The summed E-state index contributed by atoms with van der Waals surface area (Å²) in [6.07, 6.45) is 3.40. The number of aromatic nitrogens is 2. The number of hydrogen-bond donors (Lipinski definition) is 5. The number of hydrogen-bond acceptors (Lipinski definition) is 9. The molecular formula is C27H54N6O5. The van der Waals surface area contributed by atoms with E-state index in [1.54, 1.807) is 7.11 Å². The van der Waals surface area contributed by atoms with E-state index in [-0.39, 0.29) is 35.2 Å². The van der Waals surface area contributed by atoms with Crippen LogP contribution < -0.4 is 22.1 Å². The van der Waals surface area contributed by atoms with Crippen molar-refractivity contribution in [2.75, 3.05) is 44.9 Å². The van der Waals surface area contributed by atoms with E-state index in [0.717, 1.165) is 19.3 Å². The molecule has 0 fully saturated rings. The number of nitrogens with zero attached hydrogens (tertiary/aromatic N) is 2. The van der Waals surface area contributed by atoms with E-state index in [4.69, 9.17) is 26.0 Å². The highest BCUT2D eigenvalue weighted by Crippen LogP contribution is 2.17. The molecule has 38 heavy (non-hydrogen) atoms. The fourth-order valence-corrected chi connectivity index (χ4v) is 2.62. The summed E-state index contributed by atoms with van der Waals surface area (Å²) in [6.45, 7) is 19.4. The van der Waals surface area contributed by atoms with Crippen molar-refractivity contribution in [2.45, 2.75) is 99.2 Å². The van der Waals surface area contributed by atoms with Gasteiger partial charge < -0.3 is 36.7 Å². The van der Waals surface area contributed by atoms with Crippen LogP contribution >= 0.6 is 0 Å². The van der Waals surface area contributed by atoms with Gasteiger partial charge in [-0.15, -0.1) is 0 Å². The molecule has 11 nitrogen and oxygen atoms in total. The largest absolute Gasteiger partial charge is 0.396 e. The Bertz CT molecular complexity index is 815. The van der Waals surface area contributed by atoms with Crippen LogP contribution in [0.3, 0.4) is 0 Å². The van der Waals surface area contributed by atoms with Crippen LogP contribution in [0.2, 0.25) is 0 Å². The standard InChI is InChI=1S/C20H36N6O4.C5H12O.C2H6/c1-7-8-10-23-17(27)13-15(21)26-14(16(22)25-13)18(28)24-12-20(4,5)30-11-9-19(2,3)29-6;1-5(2)3-4-6;1-2/h7-12H2,1-6H3,(H2,21,26)(H2,22,25)(H,23,27)(H,24,28);5-6H,3-4H2,1-2H3;1-2H3. The minimum absolute atomic E-state index is 0.0930. The van der Waals surface area contributed by atoms with Crippen LogP contribution in [0.4, 0.5) is 11.6 Å². The van der Waals surface area contributed by atoms with Gasteiger partial charge in [0.2, 0.25) is 0 Å². The summed E-state index contributed by atoms with van der Waals surface area (Å²) in [5.74, 6) is -0.683. The highest BCUT2D eigenvalue weighted by molar-refractivity contribution is 6.00. The maximum atomic E-state index is 12.5. The number of nitrogen functional groups attached to an aromatic ring is 2. The molecule has 1 rings (SSSR count). The number of nitrogens with two attached hydrogens (primary N) is 2. The summed E-state index contributed by atoms with van der Waals surface area (Å²) in [6, 6.07) is 0. The third-order valence-corrected chi connectivity index (χ3v) is 5.33. The van der Waals surface area contributed by atoms with Gasteiger partial charge in [0.15, 0.2) is 23.0 Å². The number of aliphatic hydroxyl groups excluding tert-OH is 1. The van der Waals surface area contributed by atoms with Crippen molar-refractivity contribution in [1.82, 2.24) is 20.6 Å². The molecule has 222 valence electrons. The fraction of sp³-hybridized carbons (Fsp3) is 0.778. The number of nitrogens with one attached hydrogen (secondary N) is 2. The normalized spacial score (nSPS) is 11.2. The van der Waals surface area contributed by atoms with Crippen LogP contribution in [0.25, 0.3) is 0 Å². The molecule has 7 N–H and O–H groups in total. The second-order valence-corrected chi connectivity index (χ2v) is 10.2. The average molecular weight is 543 g/mol. The molecule has 0 saturated carbocycles. The second kappa shape index (κ2) is 19.6. The number of methoxy groups -OCH3 is 1. The molecular weight excluding hydrogens is 488 g/mol. The molecule has 0 radical (unpaired) electrons. The molecule has 2 amide bonds. The Labute approximate surface area is 229 Å². The topological polar surface area (TPSA) is 175 Å². The molecule has 0 unspecified atom stereocenters. The molecule has 1 aromatic heterocycles. The number of carbonyl (C=O) groups excluding carboxylic acids is 2. The van der Waals surface area contributed by atoms with Crippen LogP contribution in [0.1, 0.15) is 109 Å². The molecule has 11 heteroatoms. The van der Waals surface area contributed by atoms with Gasteiger partial charge in [-0.3, -0.25) is 9.59 Å². The predicted octanol–water partition coefficient (Wildman–Crippen LogP) is 3.56. The van der Waals surface area contributed by atoms with E-state index in [0.29, 0.717) is 32.1 Å². The van der Waals surface area contributed by atoms with Gasteiger partial charge in [-0.05, 0) is 52.9 Å². The molecule has 0 atom stereocenters. The zero-order valence-electron chi connectivity index (χ0n) is 25.4. The maximum Gasteiger partial charge on any atom is 0.273 e. The molecule has 0 aliphatic heterocycles. The Morgan fingerprint density at radius 3 is 1.87 bits per heavy atom. The molecule has 0 bridgehead atoms. The lowest BCUT2D eigenvalue weighted by Gasteiger charge is -2.29. The minimum atomic E-state index is -0.619. The highest BCUT2D eigenvalue weighted by atomic mass is 16.5. The van der Waals surface area contributed by atoms with Gasteiger partial charge in [-0.2, -0.15) is 0 Å². The number of amides is 2. The van der Waals surface area contributed by atoms with Crippen LogP contribution in [0, 0.1) is 5.92 Å². The van der Waals surface area contributed by atoms with Gasteiger partial charge in [0, 0.05) is 26.8 Å². The van der Waals surface area contributed by atoms with E-state index < -0.39 is 17.4 Å². The summed E-state index contributed by atoms with van der Waals surface area (Å²) in [7, 11) is 1.66. The first-order valence-electron chi connectivity index (χ1n) is 13.5. The third-order valence-electron chi connectivity index (χ3n) is 5.33. The predicted molar refractivity (Wildman–Crippen MR) is 154 cm³/mol. The highest BCUT2D eigenvalue weighted by Gasteiger charge is 2.25. The lowest BCUT2D eigenvalue weighted by Crippen LogP contribution is -2.42. The zero-order chi connectivity index (χ0) is 29.9. The molecule has 0 spiro atoms. The molecule has 0 saturated heterocycles. The molecule has 1 aromatic rings. The van der Waals surface area contributed by atoms with Gasteiger partial charge in [-0.25, -0.2) is 9.97 Å². The van der Waals surface area contributed by atoms with E-state index in [1.165, 1.54) is 0 Å². The molecule has 1 heterocycles. The van der Waals surface area contributed by atoms with Crippen molar-refractivity contribution >= 4 is 23.5 Å². The first-order chi connectivity index (χ1) is 17.7. The summed E-state index contributed by atoms with van der Waals surface area (Å²) >= 11 is 0. The Hall–Kier alpha value is -2.50. The average Bonchev–Trinajstić information content (AvgIpc) is 2.85. The van der Waals surface area contributed by atoms with Crippen LogP contribution in [-0.4, -0.2) is 71.5 Å². The number of carbonyl (C=O) groups is 2.